The minimum absolute atomic E-state index is 0.122. The van der Waals surface area contributed by atoms with E-state index in [-0.39, 0.29) is 11.8 Å². The van der Waals surface area contributed by atoms with Crippen LogP contribution in [0.5, 0.6) is 23.0 Å². The molecule has 2 N–H and O–H groups in total. The van der Waals surface area contributed by atoms with Crippen molar-refractivity contribution in [3.05, 3.63) is 75.9 Å². The minimum Gasteiger partial charge on any atom is -0.493 e. The van der Waals surface area contributed by atoms with E-state index in [4.69, 9.17) is 29.4 Å². The first-order valence-corrected chi connectivity index (χ1v) is 14.3. The second-order valence-electron chi connectivity index (χ2n) is 10.2. The van der Waals surface area contributed by atoms with Gasteiger partial charge in [0.05, 0.1) is 33.4 Å². The molecule has 0 amide bonds. The molecule has 0 saturated carbocycles. The van der Waals surface area contributed by atoms with E-state index >= 15 is 0 Å². The molecule has 2 aromatic rings. The second-order valence-corrected chi connectivity index (χ2v) is 10.2. The molecule has 0 aliphatic carbocycles. The van der Waals surface area contributed by atoms with E-state index in [1.165, 1.54) is 0 Å². The Balaban J connectivity index is 1.82. The third-order valence-electron chi connectivity index (χ3n) is 7.12. The summed E-state index contributed by atoms with van der Waals surface area (Å²) in [5.41, 5.74) is 10.7. The van der Waals surface area contributed by atoms with Crippen LogP contribution in [-0.4, -0.2) is 52.0 Å². The number of allylic oxidation sites excluding steroid dienone is 1. The number of benzene rings is 2. The summed E-state index contributed by atoms with van der Waals surface area (Å²) in [6, 6.07) is 14.1. The Hall–Kier alpha value is -4.09. The molecule has 41 heavy (non-hydrogen) atoms. The van der Waals surface area contributed by atoms with E-state index in [1.807, 2.05) is 36.4 Å². The third-order valence-corrected chi connectivity index (χ3v) is 7.12. The van der Waals surface area contributed by atoms with E-state index < -0.39 is 0 Å². The lowest BCUT2D eigenvalue weighted by Crippen LogP contribution is -2.38. The molecule has 8 heteroatoms. The van der Waals surface area contributed by atoms with Crippen molar-refractivity contribution in [2.45, 2.75) is 46.0 Å². The smallest absolute Gasteiger partial charge is 0.205 e. The van der Waals surface area contributed by atoms with Crippen molar-refractivity contribution in [2.75, 3.05) is 47.1 Å². The lowest BCUT2D eigenvalue weighted by Gasteiger charge is -2.38. The molecule has 0 aromatic heterocycles. The molecule has 8 nitrogen and oxygen atoms in total. The van der Waals surface area contributed by atoms with Crippen molar-refractivity contribution in [3.8, 4) is 29.1 Å². The van der Waals surface area contributed by atoms with Crippen molar-refractivity contribution in [3.63, 3.8) is 0 Å². The van der Waals surface area contributed by atoms with Gasteiger partial charge in [0, 0.05) is 18.7 Å². The highest BCUT2D eigenvalue weighted by Gasteiger charge is 2.38. The predicted molar refractivity (Wildman–Crippen MR) is 160 cm³/mol. The quantitative estimate of drug-likeness (QED) is 0.331. The first kappa shape index (κ1) is 29.9. The zero-order valence-corrected chi connectivity index (χ0v) is 24.8. The molecular formula is C33H41N3O5. The number of ether oxygens (including phenoxy) is 5. The fourth-order valence-electron chi connectivity index (χ4n) is 5.30. The van der Waals surface area contributed by atoms with Crippen LogP contribution >= 0.6 is 0 Å². The summed E-state index contributed by atoms with van der Waals surface area (Å²) in [5, 5.41) is 10.2. The molecule has 1 unspecified atom stereocenters. The van der Waals surface area contributed by atoms with Crippen molar-refractivity contribution in [1.29, 1.82) is 5.26 Å². The number of nitriles is 1. The summed E-state index contributed by atoms with van der Waals surface area (Å²) in [6.07, 6.45) is 4.91. The van der Waals surface area contributed by atoms with Gasteiger partial charge in [0.2, 0.25) is 5.88 Å². The first-order valence-electron chi connectivity index (χ1n) is 14.3. The molecule has 1 atom stereocenters. The molecule has 2 aromatic carbocycles. The maximum atomic E-state index is 10.2. The van der Waals surface area contributed by atoms with Crippen LogP contribution in [0.2, 0.25) is 0 Å². The van der Waals surface area contributed by atoms with Crippen LogP contribution in [0, 0.1) is 11.3 Å². The summed E-state index contributed by atoms with van der Waals surface area (Å²) in [5.74, 6) is 3.15. The van der Waals surface area contributed by atoms with E-state index in [2.05, 4.69) is 37.8 Å². The van der Waals surface area contributed by atoms with Gasteiger partial charge in [-0.25, -0.2) is 0 Å². The van der Waals surface area contributed by atoms with Crippen molar-refractivity contribution >= 4 is 6.08 Å². The predicted octanol–water partition coefficient (Wildman–Crippen LogP) is 6.15. The molecule has 218 valence electrons. The van der Waals surface area contributed by atoms with Gasteiger partial charge in [0.15, 0.2) is 23.0 Å². The summed E-state index contributed by atoms with van der Waals surface area (Å²) in [6.45, 7) is 9.77. The van der Waals surface area contributed by atoms with Gasteiger partial charge >= 0.3 is 0 Å². The van der Waals surface area contributed by atoms with Gasteiger partial charge in [-0.2, -0.15) is 5.26 Å². The van der Waals surface area contributed by atoms with E-state index in [1.54, 1.807) is 14.2 Å². The first-order chi connectivity index (χ1) is 20.0. The summed E-state index contributed by atoms with van der Waals surface area (Å²) in [7, 11) is 3.27. The maximum Gasteiger partial charge on any atom is 0.205 e. The highest BCUT2D eigenvalue weighted by molar-refractivity contribution is 5.65. The van der Waals surface area contributed by atoms with Crippen LogP contribution in [0.4, 0.5) is 0 Å². The Bertz CT molecular complexity index is 1370. The number of methoxy groups -OCH3 is 2. The second kappa shape index (κ2) is 14.0. The molecular weight excluding hydrogens is 518 g/mol. The van der Waals surface area contributed by atoms with Gasteiger partial charge in [-0.3, -0.25) is 4.90 Å². The molecule has 0 fully saturated rings. The average molecular weight is 560 g/mol. The highest BCUT2D eigenvalue weighted by atomic mass is 16.5. The molecule has 0 spiro atoms. The van der Waals surface area contributed by atoms with Gasteiger partial charge in [0.1, 0.15) is 17.4 Å². The van der Waals surface area contributed by atoms with E-state index in [0.29, 0.717) is 54.9 Å². The average Bonchev–Trinajstić information content (AvgIpc) is 2.99. The highest BCUT2D eigenvalue weighted by Crippen LogP contribution is 2.45. The molecule has 0 radical (unpaired) electrons. The zero-order valence-electron chi connectivity index (χ0n) is 24.8. The van der Waals surface area contributed by atoms with E-state index in [9.17, 15) is 5.26 Å². The molecule has 2 aliphatic rings. The Labute approximate surface area is 243 Å². The molecule has 0 saturated heterocycles. The lowest BCUT2D eigenvalue weighted by molar-refractivity contribution is 0.234. The SMILES string of the molecule is CCCOc1ccc(/C=C2\CN(CCC)CC3=C2OC(N)=C(C#N)C3c2ccc(OCCC)c(OC)c2)cc1OC. The minimum atomic E-state index is -0.375. The van der Waals surface area contributed by atoms with Crippen molar-refractivity contribution in [2.24, 2.45) is 5.73 Å². The molecule has 0 bridgehead atoms. The van der Waals surface area contributed by atoms with Crippen molar-refractivity contribution in [1.82, 2.24) is 4.90 Å². The Morgan fingerprint density at radius 2 is 1.59 bits per heavy atom. The largest absolute Gasteiger partial charge is 0.493 e. The standard InChI is InChI=1S/C33H41N3O5/c1-6-13-36-20-24(16-22-9-11-27(39-14-7-2)29(17-22)37-4)32-26(21-36)31(25(19-34)33(35)41-32)23-10-12-28(40-15-8-3)30(18-23)38-5/h9-12,16-18,31H,6-8,13-15,20-21,35H2,1-5H3/b24-16+. The normalized spacial score (nSPS) is 18.0. The van der Waals surface area contributed by atoms with Crippen LogP contribution < -0.4 is 24.7 Å². The van der Waals surface area contributed by atoms with Crippen LogP contribution in [0.15, 0.2) is 64.8 Å². The third kappa shape index (κ3) is 6.63. The summed E-state index contributed by atoms with van der Waals surface area (Å²) >= 11 is 0. The summed E-state index contributed by atoms with van der Waals surface area (Å²) < 4.78 is 29.3. The molecule has 2 heterocycles. The van der Waals surface area contributed by atoms with Gasteiger partial charge in [-0.15, -0.1) is 0 Å². The van der Waals surface area contributed by atoms with Crippen LogP contribution in [0.1, 0.15) is 57.1 Å². The van der Waals surface area contributed by atoms with Gasteiger partial charge < -0.3 is 29.4 Å². The Morgan fingerprint density at radius 3 is 2.20 bits per heavy atom. The monoisotopic (exact) mass is 559 g/mol. The zero-order chi connectivity index (χ0) is 29.4. The van der Waals surface area contributed by atoms with Gasteiger partial charge in [0.25, 0.3) is 0 Å². The van der Waals surface area contributed by atoms with Crippen LogP contribution in [0.3, 0.4) is 0 Å². The van der Waals surface area contributed by atoms with Crippen LogP contribution in [-0.2, 0) is 4.74 Å². The Kier molecular flexibility index (Phi) is 10.2. The maximum absolute atomic E-state index is 10.2. The number of rotatable bonds is 12. The van der Waals surface area contributed by atoms with Gasteiger partial charge in [-0.05, 0) is 72.8 Å². The van der Waals surface area contributed by atoms with Gasteiger partial charge in [-0.1, -0.05) is 32.9 Å². The number of nitrogens with two attached hydrogens (primary N) is 1. The molecule has 2 aliphatic heterocycles. The van der Waals surface area contributed by atoms with E-state index in [0.717, 1.165) is 53.8 Å². The summed E-state index contributed by atoms with van der Waals surface area (Å²) in [4.78, 5) is 2.38. The van der Waals surface area contributed by atoms with Crippen molar-refractivity contribution < 1.29 is 23.7 Å². The fraction of sp³-hybridized carbons (Fsp3) is 0.424. The lowest BCUT2D eigenvalue weighted by atomic mass is 9.80. The number of hydrogen-bond acceptors (Lipinski definition) is 8. The number of hydrogen-bond donors (Lipinski definition) is 1. The molecule has 4 rings (SSSR count). The fourth-order valence-corrected chi connectivity index (χ4v) is 5.30. The number of nitrogens with zero attached hydrogens (tertiary/aromatic N) is 2. The topological polar surface area (TPSA) is 99.2 Å². The Morgan fingerprint density at radius 1 is 0.927 bits per heavy atom. The van der Waals surface area contributed by atoms with Crippen LogP contribution in [0.25, 0.3) is 6.08 Å².